The maximum Gasteiger partial charge on any atom is 0.0638 e. The minimum Gasteiger partial charge on any atom is -0.327 e. The van der Waals surface area contributed by atoms with Gasteiger partial charge in [-0.1, -0.05) is 6.92 Å². The lowest BCUT2D eigenvalue weighted by Gasteiger charge is -2.34. The van der Waals surface area contributed by atoms with Gasteiger partial charge in [0, 0.05) is 37.9 Å². The van der Waals surface area contributed by atoms with Gasteiger partial charge in [0.2, 0.25) is 0 Å². The van der Waals surface area contributed by atoms with E-state index in [-0.39, 0.29) is 0 Å². The Hall–Kier alpha value is -0.870. The first-order chi connectivity index (χ1) is 7.56. The normalized spacial score (nSPS) is 27.2. The van der Waals surface area contributed by atoms with Gasteiger partial charge in [-0.05, 0) is 25.8 Å². The van der Waals surface area contributed by atoms with Crippen LogP contribution in [0.4, 0.5) is 0 Å². The van der Waals surface area contributed by atoms with Crippen molar-refractivity contribution in [1.29, 1.82) is 0 Å². The summed E-state index contributed by atoms with van der Waals surface area (Å²) in [5.74, 6) is 0.603. The molecule has 0 saturated carbocycles. The molecule has 0 radical (unpaired) electrons. The Morgan fingerprint density at radius 1 is 1.56 bits per heavy atom. The third-order valence-corrected chi connectivity index (χ3v) is 3.56. The molecule has 0 aliphatic carbocycles. The van der Waals surface area contributed by atoms with Crippen LogP contribution < -0.4 is 5.73 Å². The number of hydrogen-bond donors (Lipinski definition) is 1. The molecule has 1 aliphatic heterocycles. The summed E-state index contributed by atoms with van der Waals surface area (Å²) in [6.07, 6.45) is 3.23. The minimum absolute atomic E-state index is 0.381. The third-order valence-electron chi connectivity index (χ3n) is 3.56. The third kappa shape index (κ3) is 2.44. The monoisotopic (exact) mass is 222 g/mol. The molecular weight excluding hydrogens is 200 g/mol. The van der Waals surface area contributed by atoms with Gasteiger partial charge < -0.3 is 5.73 Å². The van der Waals surface area contributed by atoms with E-state index in [0.717, 1.165) is 31.7 Å². The molecule has 0 aromatic carbocycles. The zero-order valence-electron chi connectivity index (χ0n) is 10.5. The van der Waals surface area contributed by atoms with E-state index >= 15 is 0 Å². The van der Waals surface area contributed by atoms with Crippen molar-refractivity contribution in [3.8, 4) is 0 Å². The van der Waals surface area contributed by atoms with Gasteiger partial charge in [-0.3, -0.25) is 9.58 Å². The topological polar surface area (TPSA) is 47.1 Å². The predicted molar refractivity (Wildman–Crippen MR) is 65.0 cm³/mol. The number of nitrogens with two attached hydrogens (primary N) is 1. The Balaban J connectivity index is 1.98. The number of piperidine rings is 1. The standard InChI is InChI=1S/C12H22N4/c1-9-6-16(5-4-12(9)13)8-11-7-15(3)14-10(11)2/h7,9,12H,4-6,8,13H2,1-3H3. The van der Waals surface area contributed by atoms with Gasteiger partial charge in [0.25, 0.3) is 0 Å². The number of aryl methyl sites for hydroxylation is 2. The summed E-state index contributed by atoms with van der Waals surface area (Å²) in [5.41, 5.74) is 8.51. The molecule has 2 atom stereocenters. The quantitative estimate of drug-likeness (QED) is 0.808. The number of nitrogens with zero attached hydrogens (tertiary/aromatic N) is 3. The van der Waals surface area contributed by atoms with Crippen LogP contribution in [0.1, 0.15) is 24.6 Å². The maximum atomic E-state index is 6.02. The average Bonchev–Trinajstić information content (AvgIpc) is 2.51. The molecule has 2 rings (SSSR count). The molecule has 90 valence electrons. The lowest BCUT2D eigenvalue weighted by atomic mass is 9.94. The molecule has 0 spiro atoms. The van der Waals surface area contributed by atoms with Crippen LogP contribution in [-0.4, -0.2) is 33.8 Å². The Morgan fingerprint density at radius 2 is 2.31 bits per heavy atom. The van der Waals surface area contributed by atoms with E-state index in [4.69, 9.17) is 5.73 Å². The largest absolute Gasteiger partial charge is 0.327 e. The van der Waals surface area contributed by atoms with Gasteiger partial charge in [0.05, 0.1) is 5.69 Å². The van der Waals surface area contributed by atoms with Crippen molar-refractivity contribution >= 4 is 0 Å². The van der Waals surface area contributed by atoms with Crippen molar-refractivity contribution in [1.82, 2.24) is 14.7 Å². The van der Waals surface area contributed by atoms with Gasteiger partial charge in [-0.25, -0.2) is 0 Å². The van der Waals surface area contributed by atoms with Crippen LogP contribution in [0.5, 0.6) is 0 Å². The fourth-order valence-electron chi connectivity index (χ4n) is 2.44. The second-order valence-corrected chi connectivity index (χ2v) is 5.08. The van der Waals surface area contributed by atoms with Crippen molar-refractivity contribution < 1.29 is 0 Å². The summed E-state index contributed by atoms with van der Waals surface area (Å²) < 4.78 is 1.89. The van der Waals surface area contributed by atoms with Crippen LogP contribution in [0.2, 0.25) is 0 Å². The first-order valence-electron chi connectivity index (χ1n) is 6.03. The van der Waals surface area contributed by atoms with Crippen molar-refractivity contribution in [2.75, 3.05) is 13.1 Å². The highest BCUT2D eigenvalue weighted by molar-refractivity contribution is 5.15. The molecular formula is C12H22N4. The smallest absolute Gasteiger partial charge is 0.0638 e. The van der Waals surface area contributed by atoms with E-state index in [0.29, 0.717) is 12.0 Å². The number of rotatable bonds is 2. The van der Waals surface area contributed by atoms with Crippen molar-refractivity contribution in [3.05, 3.63) is 17.5 Å². The van der Waals surface area contributed by atoms with Crippen LogP contribution in [0.3, 0.4) is 0 Å². The predicted octanol–water partition coefficient (Wildman–Crippen LogP) is 0.898. The Bertz CT molecular complexity index is 358. The van der Waals surface area contributed by atoms with Crippen LogP contribution in [-0.2, 0) is 13.6 Å². The molecule has 16 heavy (non-hydrogen) atoms. The van der Waals surface area contributed by atoms with Gasteiger partial charge in [-0.15, -0.1) is 0 Å². The van der Waals surface area contributed by atoms with E-state index in [9.17, 15) is 0 Å². The van der Waals surface area contributed by atoms with Crippen LogP contribution in [0.15, 0.2) is 6.20 Å². The molecule has 2 heterocycles. The molecule has 0 amide bonds. The molecule has 4 heteroatoms. The lowest BCUT2D eigenvalue weighted by Crippen LogP contribution is -2.45. The first-order valence-corrected chi connectivity index (χ1v) is 6.03. The molecule has 1 aromatic heterocycles. The van der Waals surface area contributed by atoms with Gasteiger partial charge >= 0.3 is 0 Å². The highest BCUT2D eigenvalue weighted by Crippen LogP contribution is 2.18. The maximum absolute atomic E-state index is 6.02. The van der Waals surface area contributed by atoms with E-state index < -0.39 is 0 Å². The lowest BCUT2D eigenvalue weighted by molar-refractivity contribution is 0.157. The first kappa shape index (κ1) is 11.6. The number of aromatic nitrogens is 2. The molecule has 4 nitrogen and oxygen atoms in total. The second-order valence-electron chi connectivity index (χ2n) is 5.08. The molecule has 1 aromatic rings. The van der Waals surface area contributed by atoms with Crippen molar-refractivity contribution in [2.45, 2.75) is 32.9 Å². The zero-order valence-corrected chi connectivity index (χ0v) is 10.5. The summed E-state index contributed by atoms with van der Waals surface area (Å²) in [6, 6.07) is 0.381. The van der Waals surface area contributed by atoms with E-state index in [2.05, 4.69) is 30.0 Å². The highest BCUT2D eigenvalue weighted by atomic mass is 15.3. The molecule has 1 aliphatic rings. The van der Waals surface area contributed by atoms with Crippen molar-refractivity contribution in [3.63, 3.8) is 0 Å². The Kier molecular flexibility index (Phi) is 3.30. The molecule has 1 saturated heterocycles. The molecule has 1 fully saturated rings. The molecule has 2 N–H and O–H groups in total. The van der Waals surface area contributed by atoms with Gasteiger partial charge in [-0.2, -0.15) is 5.10 Å². The van der Waals surface area contributed by atoms with E-state index in [1.165, 1.54) is 5.56 Å². The Morgan fingerprint density at radius 3 is 2.88 bits per heavy atom. The summed E-state index contributed by atoms with van der Waals surface area (Å²) in [5, 5.41) is 4.38. The van der Waals surface area contributed by atoms with Gasteiger partial charge in [0.15, 0.2) is 0 Å². The summed E-state index contributed by atoms with van der Waals surface area (Å²) in [6.45, 7) is 7.55. The van der Waals surface area contributed by atoms with Crippen LogP contribution >= 0.6 is 0 Å². The number of likely N-dealkylation sites (tertiary alicyclic amines) is 1. The fraction of sp³-hybridized carbons (Fsp3) is 0.750. The summed E-state index contributed by atoms with van der Waals surface area (Å²) >= 11 is 0. The van der Waals surface area contributed by atoms with Crippen molar-refractivity contribution in [2.24, 2.45) is 18.7 Å². The molecule has 2 unspecified atom stereocenters. The van der Waals surface area contributed by atoms with E-state index in [1.54, 1.807) is 0 Å². The fourth-order valence-corrected chi connectivity index (χ4v) is 2.44. The SMILES string of the molecule is Cc1nn(C)cc1CN1CCC(N)C(C)C1. The highest BCUT2D eigenvalue weighted by Gasteiger charge is 2.23. The van der Waals surface area contributed by atoms with Gasteiger partial charge in [0.1, 0.15) is 0 Å². The van der Waals surface area contributed by atoms with Crippen LogP contribution in [0.25, 0.3) is 0 Å². The number of hydrogen-bond acceptors (Lipinski definition) is 3. The second kappa shape index (κ2) is 4.55. The average molecular weight is 222 g/mol. The minimum atomic E-state index is 0.381. The Labute approximate surface area is 97.4 Å². The summed E-state index contributed by atoms with van der Waals surface area (Å²) in [7, 11) is 1.98. The van der Waals surface area contributed by atoms with Crippen LogP contribution in [0, 0.1) is 12.8 Å². The van der Waals surface area contributed by atoms with E-state index in [1.807, 2.05) is 11.7 Å². The molecule has 0 bridgehead atoms. The summed E-state index contributed by atoms with van der Waals surface area (Å²) in [4.78, 5) is 2.48. The zero-order chi connectivity index (χ0) is 11.7.